The van der Waals surface area contributed by atoms with E-state index in [1.807, 2.05) is 19.1 Å². The standard InChI is InChI=1S/C16H15NO3S/c1-12-6-8-14(9-7-12)21(19,20)17-10-13(11-18)15-4-2-3-5-16(15)17/h2-10,18H,11H2,1H3. The van der Waals surface area contributed by atoms with E-state index in [1.54, 1.807) is 36.4 Å². The number of benzene rings is 2. The molecule has 0 radical (unpaired) electrons. The number of aliphatic hydroxyl groups is 1. The number of fused-ring (bicyclic) bond motifs is 1. The van der Waals surface area contributed by atoms with Crippen LogP contribution in [0.15, 0.2) is 59.6 Å². The summed E-state index contributed by atoms with van der Waals surface area (Å²) in [7, 11) is -3.67. The van der Waals surface area contributed by atoms with Crippen LogP contribution >= 0.6 is 0 Å². The number of aryl methyl sites for hydroxylation is 1. The number of hydrogen-bond acceptors (Lipinski definition) is 3. The van der Waals surface area contributed by atoms with E-state index in [2.05, 4.69) is 0 Å². The Hall–Kier alpha value is -2.11. The maximum atomic E-state index is 12.8. The first kappa shape index (κ1) is 13.9. The minimum absolute atomic E-state index is 0.197. The van der Waals surface area contributed by atoms with Crippen LogP contribution < -0.4 is 0 Å². The van der Waals surface area contributed by atoms with E-state index in [0.717, 1.165) is 10.9 Å². The normalized spacial score (nSPS) is 11.9. The molecule has 3 aromatic rings. The molecule has 0 aliphatic rings. The van der Waals surface area contributed by atoms with E-state index in [0.29, 0.717) is 11.1 Å². The molecule has 2 aromatic carbocycles. The fourth-order valence-corrected chi connectivity index (χ4v) is 3.76. The first-order valence-electron chi connectivity index (χ1n) is 6.56. The second-order valence-electron chi connectivity index (χ2n) is 4.94. The summed E-state index contributed by atoms with van der Waals surface area (Å²) in [5.74, 6) is 0. The molecule has 1 aromatic heterocycles. The third-order valence-electron chi connectivity index (χ3n) is 3.51. The van der Waals surface area contributed by atoms with Crippen molar-refractivity contribution in [3.8, 4) is 0 Å². The van der Waals surface area contributed by atoms with Gasteiger partial charge in [0.2, 0.25) is 0 Å². The van der Waals surface area contributed by atoms with E-state index in [4.69, 9.17) is 0 Å². The molecule has 0 saturated heterocycles. The van der Waals surface area contributed by atoms with Crippen LogP contribution in [0.3, 0.4) is 0 Å². The molecule has 21 heavy (non-hydrogen) atoms. The largest absolute Gasteiger partial charge is 0.392 e. The molecule has 0 atom stereocenters. The van der Waals surface area contributed by atoms with Crippen LogP contribution in [-0.4, -0.2) is 17.5 Å². The summed E-state index contributed by atoms with van der Waals surface area (Å²) >= 11 is 0. The molecule has 3 rings (SSSR count). The van der Waals surface area contributed by atoms with E-state index in [-0.39, 0.29) is 11.5 Å². The Balaban J connectivity index is 2.26. The van der Waals surface area contributed by atoms with Gasteiger partial charge in [0.15, 0.2) is 0 Å². The Morgan fingerprint density at radius 3 is 2.38 bits per heavy atom. The van der Waals surface area contributed by atoms with E-state index < -0.39 is 10.0 Å². The summed E-state index contributed by atoms with van der Waals surface area (Å²) in [5, 5.41) is 10.2. The van der Waals surface area contributed by atoms with Crippen LogP contribution in [0.5, 0.6) is 0 Å². The second-order valence-corrected chi connectivity index (χ2v) is 6.76. The third-order valence-corrected chi connectivity index (χ3v) is 5.20. The summed E-state index contributed by atoms with van der Waals surface area (Å²) in [6, 6.07) is 13.9. The molecule has 0 fully saturated rings. The Morgan fingerprint density at radius 1 is 1.05 bits per heavy atom. The van der Waals surface area contributed by atoms with E-state index in [9.17, 15) is 13.5 Å². The van der Waals surface area contributed by atoms with Gasteiger partial charge in [-0.1, -0.05) is 35.9 Å². The number of nitrogens with zero attached hydrogens (tertiary/aromatic N) is 1. The molecule has 4 nitrogen and oxygen atoms in total. The molecule has 0 unspecified atom stereocenters. The minimum atomic E-state index is -3.67. The average Bonchev–Trinajstić information content (AvgIpc) is 2.87. The zero-order valence-electron chi connectivity index (χ0n) is 11.5. The lowest BCUT2D eigenvalue weighted by atomic mass is 10.2. The summed E-state index contributed by atoms with van der Waals surface area (Å²) in [5.41, 5.74) is 2.17. The van der Waals surface area contributed by atoms with Crippen LogP contribution in [0.1, 0.15) is 11.1 Å². The lowest BCUT2D eigenvalue weighted by Crippen LogP contribution is -2.11. The molecule has 0 aliphatic heterocycles. The number of para-hydroxylation sites is 1. The zero-order chi connectivity index (χ0) is 15.0. The van der Waals surface area contributed by atoms with Crippen LogP contribution in [0.2, 0.25) is 0 Å². The van der Waals surface area contributed by atoms with Crippen molar-refractivity contribution in [1.29, 1.82) is 0 Å². The average molecular weight is 301 g/mol. The van der Waals surface area contributed by atoms with Gasteiger partial charge in [-0.2, -0.15) is 0 Å². The molecule has 0 aliphatic carbocycles. The maximum absolute atomic E-state index is 12.8. The van der Waals surface area contributed by atoms with Gasteiger partial charge in [0.25, 0.3) is 10.0 Å². The highest BCUT2D eigenvalue weighted by atomic mass is 32.2. The first-order valence-corrected chi connectivity index (χ1v) is 8.00. The van der Waals surface area contributed by atoms with Gasteiger partial charge in [-0.25, -0.2) is 12.4 Å². The lowest BCUT2D eigenvalue weighted by molar-refractivity contribution is 0.283. The summed E-state index contributed by atoms with van der Waals surface area (Å²) in [4.78, 5) is 0.235. The van der Waals surface area contributed by atoms with Crippen LogP contribution in [0.4, 0.5) is 0 Å². The molecule has 1 N–H and O–H groups in total. The van der Waals surface area contributed by atoms with Crippen molar-refractivity contribution in [2.75, 3.05) is 0 Å². The molecule has 108 valence electrons. The van der Waals surface area contributed by atoms with Gasteiger partial charge in [-0.05, 0) is 25.1 Å². The Kier molecular flexibility index (Phi) is 3.31. The predicted octanol–water partition coefficient (Wildman–Crippen LogP) is 2.68. The summed E-state index contributed by atoms with van der Waals surface area (Å²) in [6.45, 7) is 1.71. The van der Waals surface area contributed by atoms with Gasteiger partial charge in [0.1, 0.15) is 0 Å². The molecule has 1 heterocycles. The number of hydrogen-bond donors (Lipinski definition) is 1. The van der Waals surface area contributed by atoms with Gasteiger partial charge < -0.3 is 5.11 Å². The molecule has 0 spiro atoms. The molecule has 0 amide bonds. The fourth-order valence-electron chi connectivity index (χ4n) is 2.37. The molecular weight excluding hydrogens is 286 g/mol. The number of aromatic nitrogens is 1. The van der Waals surface area contributed by atoms with Crippen molar-refractivity contribution in [3.05, 3.63) is 65.9 Å². The van der Waals surface area contributed by atoms with Crippen LogP contribution in [0, 0.1) is 6.92 Å². The van der Waals surface area contributed by atoms with Gasteiger partial charge in [0, 0.05) is 17.1 Å². The van der Waals surface area contributed by atoms with Crippen LogP contribution in [-0.2, 0) is 16.6 Å². The SMILES string of the molecule is Cc1ccc(S(=O)(=O)n2cc(CO)c3ccccc32)cc1. The quantitative estimate of drug-likeness (QED) is 0.809. The Morgan fingerprint density at radius 2 is 1.71 bits per heavy atom. The lowest BCUT2D eigenvalue weighted by Gasteiger charge is -2.07. The molecular formula is C16H15NO3S. The third kappa shape index (κ3) is 2.24. The van der Waals surface area contributed by atoms with Crippen molar-refractivity contribution in [3.63, 3.8) is 0 Å². The zero-order valence-corrected chi connectivity index (χ0v) is 12.3. The minimum Gasteiger partial charge on any atom is -0.392 e. The smallest absolute Gasteiger partial charge is 0.268 e. The van der Waals surface area contributed by atoms with Crippen molar-refractivity contribution in [2.24, 2.45) is 0 Å². The highest BCUT2D eigenvalue weighted by Crippen LogP contribution is 2.26. The molecule has 5 heteroatoms. The van der Waals surface area contributed by atoms with Crippen molar-refractivity contribution in [2.45, 2.75) is 18.4 Å². The Labute approximate surface area is 123 Å². The number of aliphatic hydroxyl groups excluding tert-OH is 1. The summed E-state index contributed by atoms with van der Waals surface area (Å²) in [6.07, 6.45) is 1.49. The monoisotopic (exact) mass is 301 g/mol. The highest BCUT2D eigenvalue weighted by molar-refractivity contribution is 7.90. The first-order chi connectivity index (χ1) is 10.0. The molecule has 0 saturated carbocycles. The van der Waals surface area contributed by atoms with Crippen molar-refractivity contribution >= 4 is 20.9 Å². The fraction of sp³-hybridized carbons (Fsp3) is 0.125. The van der Waals surface area contributed by atoms with Crippen molar-refractivity contribution in [1.82, 2.24) is 3.97 Å². The van der Waals surface area contributed by atoms with Gasteiger partial charge in [-0.15, -0.1) is 0 Å². The number of rotatable bonds is 3. The van der Waals surface area contributed by atoms with Gasteiger partial charge >= 0.3 is 0 Å². The topological polar surface area (TPSA) is 59.3 Å². The van der Waals surface area contributed by atoms with Gasteiger partial charge in [0.05, 0.1) is 17.0 Å². The van der Waals surface area contributed by atoms with E-state index >= 15 is 0 Å². The molecule has 0 bridgehead atoms. The predicted molar refractivity (Wildman–Crippen MR) is 81.6 cm³/mol. The highest BCUT2D eigenvalue weighted by Gasteiger charge is 2.20. The maximum Gasteiger partial charge on any atom is 0.268 e. The van der Waals surface area contributed by atoms with E-state index in [1.165, 1.54) is 10.2 Å². The van der Waals surface area contributed by atoms with Crippen LogP contribution in [0.25, 0.3) is 10.9 Å². The van der Waals surface area contributed by atoms with Gasteiger partial charge in [-0.3, -0.25) is 0 Å². The van der Waals surface area contributed by atoms with Crippen molar-refractivity contribution < 1.29 is 13.5 Å². The second kappa shape index (κ2) is 5.02. The Bertz CT molecular complexity index is 893. The summed E-state index contributed by atoms with van der Waals surface area (Å²) < 4.78 is 26.8.